The van der Waals surface area contributed by atoms with E-state index < -0.39 is 10.1 Å². The van der Waals surface area contributed by atoms with Gasteiger partial charge in [0.25, 0.3) is 0 Å². The van der Waals surface area contributed by atoms with Gasteiger partial charge < -0.3 is 13.5 Å². The maximum Gasteiger partial charge on any atom is 0.306 e. The molecule has 2 rings (SSSR count). The second-order valence-corrected chi connectivity index (χ2v) is 8.53. The molecule has 28 heavy (non-hydrogen) atoms. The average molecular weight is 408 g/mol. The lowest BCUT2D eigenvalue weighted by atomic mass is 9.97. The zero-order valence-corrected chi connectivity index (χ0v) is 17.6. The second kappa shape index (κ2) is 10.3. The van der Waals surface area contributed by atoms with Crippen molar-refractivity contribution >= 4 is 16.0 Å². The van der Waals surface area contributed by atoms with Crippen LogP contribution in [0.5, 0.6) is 5.75 Å². The van der Waals surface area contributed by atoms with Crippen LogP contribution in [0.25, 0.3) is 0 Å². The average Bonchev–Trinajstić information content (AvgIpc) is 3.15. The van der Waals surface area contributed by atoms with Gasteiger partial charge in [0.2, 0.25) is 5.91 Å². The first-order valence-electron chi connectivity index (χ1n) is 9.62. The van der Waals surface area contributed by atoms with Crippen molar-refractivity contribution < 1.29 is 21.8 Å². The number of rotatable bonds is 11. The molecule has 2 aromatic rings. The summed E-state index contributed by atoms with van der Waals surface area (Å²) in [6.07, 6.45) is 6.37. The molecule has 0 N–H and O–H groups in total. The standard InChI is InChI=1S/C21H29NO5S/c1-4-6-8-18(5-2)21(23)22(16-20-9-7-14-26-20)15-17-10-12-19(13-11-17)27-28(3,24)25/h7,9-14,18H,4-6,8,15-16H2,1-3H3/t18-/m1/s1. The summed E-state index contributed by atoms with van der Waals surface area (Å²) in [5.41, 5.74) is 0.895. The van der Waals surface area contributed by atoms with Crippen LogP contribution in [0, 0.1) is 5.92 Å². The topological polar surface area (TPSA) is 76.8 Å². The van der Waals surface area contributed by atoms with E-state index in [4.69, 9.17) is 8.60 Å². The Kier molecular flexibility index (Phi) is 8.11. The number of carbonyl (C=O) groups is 1. The number of carbonyl (C=O) groups excluding carboxylic acids is 1. The summed E-state index contributed by atoms with van der Waals surface area (Å²) in [4.78, 5) is 14.9. The molecular formula is C21H29NO5S. The zero-order chi connectivity index (χ0) is 20.6. The SMILES string of the molecule is CCCC[C@@H](CC)C(=O)N(Cc1ccc(OS(C)(=O)=O)cc1)Cc1ccco1. The molecular weight excluding hydrogens is 378 g/mol. The van der Waals surface area contributed by atoms with E-state index >= 15 is 0 Å². The number of hydrogen-bond donors (Lipinski definition) is 0. The predicted molar refractivity (Wildman–Crippen MR) is 108 cm³/mol. The van der Waals surface area contributed by atoms with E-state index in [1.54, 1.807) is 35.4 Å². The molecule has 1 aromatic carbocycles. The van der Waals surface area contributed by atoms with Crippen LogP contribution < -0.4 is 4.18 Å². The molecule has 0 radical (unpaired) electrons. The van der Waals surface area contributed by atoms with Crippen LogP contribution in [0.15, 0.2) is 47.1 Å². The Labute approximate surface area is 167 Å². The lowest BCUT2D eigenvalue weighted by Gasteiger charge is -2.26. The largest absolute Gasteiger partial charge is 0.467 e. The van der Waals surface area contributed by atoms with Crippen LogP contribution in [-0.4, -0.2) is 25.5 Å². The Morgan fingerprint density at radius 1 is 1.14 bits per heavy atom. The van der Waals surface area contributed by atoms with Crippen molar-refractivity contribution in [2.45, 2.75) is 52.6 Å². The molecule has 0 bridgehead atoms. The molecule has 0 spiro atoms. The molecule has 0 saturated heterocycles. The lowest BCUT2D eigenvalue weighted by Crippen LogP contribution is -2.35. The number of hydrogen-bond acceptors (Lipinski definition) is 5. The van der Waals surface area contributed by atoms with Crippen molar-refractivity contribution in [2.75, 3.05) is 6.26 Å². The fourth-order valence-corrected chi connectivity index (χ4v) is 3.52. The number of unbranched alkanes of at least 4 members (excludes halogenated alkanes) is 1. The third-order valence-corrected chi connectivity index (χ3v) is 5.03. The molecule has 0 unspecified atom stereocenters. The molecule has 0 aliphatic heterocycles. The summed E-state index contributed by atoms with van der Waals surface area (Å²) in [5, 5.41) is 0. The summed E-state index contributed by atoms with van der Waals surface area (Å²) in [7, 11) is -3.56. The number of nitrogens with zero attached hydrogens (tertiary/aromatic N) is 1. The fraction of sp³-hybridized carbons (Fsp3) is 0.476. The smallest absolute Gasteiger partial charge is 0.306 e. The highest BCUT2D eigenvalue weighted by atomic mass is 32.2. The molecule has 0 aliphatic carbocycles. The van der Waals surface area contributed by atoms with Crippen LogP contribution >= 0.6 is 0 Å². The molecule has 1 amide bonds. The molecule has 0 saturated carbocycles. The van der Waals surface area contributed by atoms with Gasteiger partial charge in [0.1, 0.15) is 11.5 Å². The first kappa shape index (κ1) is 22.0. The van der Waals surface area contributed by atoms with Crippen LogP contribution in [-0.2, 0) is 28.0 Å². The summed E-state index contributed by atoms with van der Waals surface area (Å²) in [5.74, 6) is 1.09. The van der Waals surface area contributed by atoms with E-state index in [0.717, 1.165) is 43.3 Å². The highest BCUT2D eigenvalue weighted by Crippen LogP contribution is 2.21. The number of benzene rings is 1. The van der Waals surface area contributed by atoms with Gasteiger partial charge in [-0.05, 0) is 42.7 Å². The van der Waals surface area contributed by atoms with Gasteiger partial charge in [0, 0.05) is 12.5 Å². The molecule has 1 atom stereocenters. The first-order valence-corrected chi connectivity index (χ1v) is 11.4. The third-order valence-electron chi connectivity index (χ3n) is 4.53. The van der Waals surface area contributed by atoms with E-state index in [1.165, 1.54) is 0 Å². The summed E-state index contributed by atoms with van der Waals surface area (Å²) < 4.78 is 32.8. The predicted octanol–water partition coefficient (Wildman–Crippen LogP) is 4.36. The maximum atomic E-state index is 13.1. The summed E-state index contributed by atoms with van der Waals surface area (Å²) in [6.45, 7) is 4.98. The van der Waals surface area contributed by atoms with Gasteiger partial charge in [0.05, 0.1) is 19.1 Å². The van der Waals surface area contributed by atoms with Gasteiger partial charge >= 0.3 is 10.1 Å². The first-order chi connectivity index (χ1) is 13.3. The van der Waals surface area contributed by atoms with Gasteiger partial charge in [-0.3, -0.25) is 4.79 Å². The van der Waals surface area contributed by atoms with Crippen molar-refractivity contribution in [1.29, 1.82) is 0 Å². The van der Waals surface area contributed by atoms with Crippen molar-refractivity contribution in [3.63, 3.8) is 0 Å². The van der Waals surface area contributed by atoms with Gasteiger partial charge in [0.15, 0.2) is 0 Å². The van der Waals surface area contributed by atoms with Crippen molar-refractivity contribution in [1.82, 2.24) is 4.90 Å². The minimum atomic E-state index is -3.56. The Balaban J connectivity index is 2.15. The van der Waals surface area contributed by atoms with E-state index in [0.29, 0.717) is 13.1 Å². The van der Waals surface area contributed by atoms with Crippen LogP contribution in [0.2, 0.25) is 0 Å². The molecule has 1 aromatic heterocycles. The highest BCUT2D eigenvalue weighted by molar-refractivity contribution is 7.86. The Morgan fingerprint density at radius 3 is 2.39 bits per heavy atom. The van der Waals surface area contributed by atoms with Crippen molar-refractivity contribution in [2.24, 2.45) is 5.92 Å². The third kappa shape index (κ3) is 7.03. The molecule has 6 nitrogen and oxygen atoms in total. The molecule has 0 fully saturated rings. The lowest BCUT2D eigenvalue weighted by molar-refractivity contribution is -0.137. The second-order valence-electron chi connectivity index (χ2n) is 6.95. The van der Waals surface area contributed by atoms with Gasteiger partial charge in [-0.1, -0.05) is 38.8 Å². The number of furan rings is 1. The Hall–Kier alpha value is -2.28. The van der Waals surface area contributed by atoms with Crippen LogP contribution in [0.3, 0.4) is 0 Å². The van der Waals surface area contributed by atoms with E-state index in [-0.39, 0.29) is 17.6 Å². The van der Waals surface area contributed by atoms with E-state index in [9.17, 15) is 13.2 Å². The van der Waals surface area contributed by atoms with Crippen molar-refractivity contribution in [3.8, 4) is 5.75 Å². The Morgan fingerprint density at radius 2 is 1.86 bits per heavy atom. The Bertz CT molecular complexity index is 828. The molecule has 7 heteroatoms. The summed E-state index contributed by atoms with van der Waals surface area (Å²) in [6, 6.07) is 10.4. The normalized spacial score (nSPS) is 12.5. The van der Waals surface area contributed by atoms with Crippen LogP contribution in [0.1, 0.15) is 50.9 Å². The monoisotopic (exact) mass is 407 g/mol. The molecule has 154 valence electrons. The molecule has 1 heterocycles. The fourth-order valence-electron chi connectivity index (χ4n) is 3.06. The number of amides is 1. The quantitative estimate of drug-likeness (QED) is 0.517. The summed E-state index contributed by atoms with van der Waals surface area (Å²) >= 11 is 0. The zero-order valence-electron chi connectivity index (χ0n) is 16.8. The van der Waals surface area contributed by atoms with Gasteiger partial charge in [-0.25, -0.2) is 0 Å². The van der Waals surface area contributed by atoms with Gasteiger partial charge in [-0.15, -0.1) is 0 Å². The highest BCUT2D eigenvalue weighted by Gasteiger charge is 2.23. The minimum Gasteiger partial charge on any atom is -0.467 e. The van der Waals surface area contributed by atoms with Gasteiger partial charge in [-0.2, -0.15) is 8.42 Å². The molecule has 0 aliphatic rings. The van der Waals surface area contributed by atoms with E-state index in [1.807, 2.05) is 19.1 Å². The van der Waals surface area contributed by atoms with Crippen molar-refractivity contribution in [3.05, 3.63) is 54.0 Å². The minimum absolute atomic E-state index is 0.0113. The van der Waals surface area contributed by atoms with E-state index in [2.05, 4.69) is 6.92 Å². The maximum absolute atomic E-state index is 13.1. The van der Waals surface area contributed by atoms with Crippen LogP contribution in [0.4, 0.5) is 0 Å².